The van der Waals surface area contributed by atoms with Crippen LogP contribution in [0.15, 0.2) is 42.6 Å². The summed E-state index contributed by atoms with van der Waals surface area (Å²) in [5.41, 5.74) is 2.65. The quantitative estimate of drug-likeness (QED) is 0.789. The van der Waals surface area contributed by atoms with Crippen LogP contribution < -0.4 is 0 Å². The topological polar surface area (TPSA) is 36.7 Å². The average Bonchev–Trinajstić information content (AvgIpc) is 2.31. The average molecular weight is 229 g/mol. The Morgan fingerprint density at radius 1 is 1.19 bits per heavy atom. The van der Waals surface area contributed by atoms with Crippen LogP contribution in [0.1, 0.15) is 5.56 Å². The summed E-state index contributed by atoms with van der Waals surface area (Å²) in [6, 6.07) is 13.4. The van der Waals surface area contributed by atoms with E-state index in [0.29, 0.717) is 11.4 Å². The molecule has 3 heteroatoms. The molecule has 1 heterocycles. The Kier molecular flexibility index (Phi) is 3.19. The minimum Gasteiger partial charge on any atom is -0.256 e. The van der Waals surface area contributed by atoms with Gasteiger partial charge in [0.25, 0.3) is 0 Å². The molecule has 16 heavy (non-hydrogen) atoms. The van der Waals surface area contributed by atoms with Crippen molar-refractivity contribution < 1.29 is 0 Å². The van der Waals surface area contributed by atoms with Crippen molar-refractivity contribution in [1.29, 1.82) is 5.26 Å². The fourth-order valence-corrected chi connectivity index (χ4v) is 1.68. The first-order valence-corrected chi connectivity index (χ1v) is 5.26. The van der Waals surface area contributed by atoms with Gasteiger partial charge in [-0.3, -0.25) is 4.98 Å². The largest absolute Gasteiger partial charge is 0.256 e. The van der Waals surface area contributed by atoms with Crippen LogP contribution in [0.4, 0.5) is 0 Å². The minimum absolute atomic E-state index is 0.385. The lowest BCUT2D eigenvalue weighted by atomic mass is 10.1. The van der Waals surface area contributed by atoms with E-state index in [0.717, 1.165) is 16.8 Å². The Balaban J connectivity index is 2.36. The lowest BCUT2D eigenvalue weighted by molar-refractivity contribution is 1.19. The van der Waals surface area contributed by atoms with E-state index in [4.69, 9.17) is 16.9 Å². The zero-order valence-electron chi connectivity index (χ0n) is 8.52. The molecule has 0 aliphatic rings. The van der Waals surface area contributed by atoms with Crippen LogP contribution in [0.25, 0.3) is 11.3 Å². The van der Waals surface area contributed by atoms with Gasteiger partial charge in [-0.15, -0.1) is 0 Å². The van der Waals surface area contributed by atoms with Gasteiger partial charge >= 0.3 is 0 Å². The molecular formula is C13H9ClN2. The van der Waals surface area contributed by atoms with Crippen molar-refractivity contribution in [2.75, 3.05) is 0 Å². The maximum Gasteiger partial charge on any atom is 0.0717 e. The Morgan fingerprint density at radius 2 is 2.00 bits per heavy atom. The summed E-state index contributed by atoms with van der Waals surface area (Å²) in [6.45, 7) is 0. The summed E-state index contributed by atoms with van der Waals surface area (Å²) in [7, 11) is 0. The second-order valence-corrected chi connectivity index (χ2v) is 3.77. The normalized spacial score (nSPS) is 9.75. The summed E-state index contributed by atoms with van der Waals surface area (Å²) in [5, 5.41) is 9.23. The van der Waals surface area contributed by atoms with E-state index in [1.165, 1.54) is 0 Å². The van der Waals surface area contributed by atoms with Crippen molar-refractivity contribution in [1.82, 2.24) is 4.98 Å². The maximum absolute atomic E-state index is 8.55. The van der Waals surface area contributed by atoms with Gasteiger partial charge in [-0.05, 0) is 17.7 Å². The molecule has 0 bridgehead atoms. The first kappa shape index (κ1) is 10.7. The van der Waals surface area contributed by atoms with E-state index in [-0.39, 0.29) is 0 Å². The molecule has 0 saturated carbocycles. The highest BCUT2D eigenvalue weighted by Crippen LogP contribution is 2.25. The zero-order valence-corrected chi connectivity index (χ0v) is 9.28. The SMILES string of the molecule is N#CCc1ccc(-c2ccccc2Cl)nc1. The third kappa shape index (κ3) is 2.21. The molecule has 0 spiro atoms. The highest BCUT2D eigenvalue weighted by atomic mass is 35.5. The number of hydrogen-bond donors (Lipinski definition) is 0. The van der Waals surface area contributed by atoms with Crippen LogP contribution >= 0.6 is 11.6 Å². The van der Waals surface area contributed by atoms with E-state index in [1.54, 1.807) is 6.20 Å². The molecule has 1 aromatic carbocycles. The first-order chi connectivity index (χ1) is 7.81. The standard InChI is InChI=1S/C13H9ClN2/c14-12-4-2-1-3-11(12)13-6-5-10(7-8-15)9-16-13/h1-6,9H,7H2. The Labute approximate surface area is 99.1 Å². The molecule has 78 valence electrons. The van der Waals surface area contributed by atoms with E-state index in [9.17, 15) is 0 Å². The predicted octanol–water partition coefficient (Wildman–Crippen LogP) is 3.47. The maximum atomic E-state index is 8.55. The van der Waals surface area contributed by atoms with Gasteiger partial charge in [0.2, 0.25) is 0 Å². The highest BCUT2D eigenvalue weighted by molar-refractivity contribution is 6.33. The van der Waals surface area contributed by atoms with E-state index >= 15 is 0 Å². The zero-order chi connectivity index (χ0) is 11.4. The fourth-order valence-electron chi connectivity index (χ4n) is 1.45. The molecule has 2 nitrogen and oxygen atoms in total. The van der Waals surface area contributed by atoms with Crippen LogP contribution in [0.5, 0.6) is 0 Å². The van der Waals surface area contributed by atoms with Crippen molar-refractivity contribution >= 4 is 11.6 Å². The number of aromatic nitrogens is 1. The van der Waals surface area contributed by atoms with Gasteiger partial charge in [-0.1, -0.05) is 35.9 Å². The molecule has 0 N–H and O–H groups in total. The Morgan fingerprint density at radius 3 is 2.62 bits per heavy atom. The van der Waals surface area contributed by atoms with Crippen LogP contribution in [0, 0.1) is 11.3 Å². The molecule has 2 aromatic rings. The van der Waals surface area contributed by atoms with Gasteiger partial charge in [0.05, 0.1) is 18.2 Å². The molecule has 0 atom stereocenters. The van der Waals surface area contributed by atoms with Crippen molar-refractivity contribution in [2.24, 2.45) is 0 Å². The third-order valence-electron chi connectivity index (χ3n) is 2.26. The molecule has 0 aliphatic carbocycles. The fraction of sp³-hybridized carbons (Fsp3) is 0.0769. The smallest absolute Gasteiger partial charge is 0.0717 e. The summed E-state index contributed by atoms with van der Waals surface area (Å²) in [4.78, 5) is 4.29. The molecule has 0 fully saturated rings. The molecular weight excluding hydrogens is 220 g/mol. The number of benzene rings is 1. The molecule has 0 aliphatic heterocycles. The Bertz CT molecular complexity index is 526. The van der Waals surface area contributed by atoms with Gasteiger partial charge in [0.15, 0.2) is 0 Å². The number of halogens is 1. The number of hydrogen-bond acceptors (Lipinski definition) is 2. The first-order valence-electron chi connectivity index (χ1n) is 4.88. The molecule has 0 saturated heterocycles. The van der Waals surface area contributed by atoms with E-state index in [1.807, 2.05) is 36.4 Å². The summed E-state index contributed by atoms with van der Waals surface area (Å²) in [5.74, 6) is 0. The summed E-state index contributed by atoms with van der Waals surface area (Å²) >= 11 is 6.07. The van der Waals surface area contributed by atoms with E-state index < -0.39 is 0 Å². The molecule has 2 rings (SSSR count). The van der Waals surface area contributed by atoms with Gasteiger partial charge in [-0.2, -0.15) is 5.26 Å². The molecule has 0 radical (unpaired) electrons. The minimum atomic E-state index is 0.385. The monoisotopic (exact) mass is 228 g/mol. The van der Waals surface area contributed by atoms with Gasteiger partial charge < -0.3 is 0 Å². The van der Waals surface area contributed by atoms with E-state index in [2.05, 4.69) is 11.1 Å². The summed E-state index contributed by atoms with van der Waals surface area (Å²) < 4.78 is 0. The second-order valence-electron chi connectivity index (χ2n) is 3.37. The number of pyridine rings is 1. The van der Waals surface area contributed by atoms with Crippen molar-refractivity contribution in [3.8, 4) is 17.3 Å². The third-order valence-corrected chi connectivity index (χ3v) is 2.59. The molecule has 0 unspecified atom stereocenters. The second kappa shape index (κ2) is 4.78. The van der Waals surface area contributed by atoms with Crippen molar-refractivity contribution in [3.05, 3.63) is 53.2 Å². The highest BCUT2D eigenvalue weighted by Gasteiger charge is 2.03. The molecule has 0 amide bonds. The number of rotatable bonds is 2. The molecule has 1 aromatic heterocycles. The van der Waals surface area contributed by atoms with Crippen molar-refractivity contribution in [2.45, 2.75) is 6.42 Å². The van der Waals surface area contributed by atoms with Crippen LogP contribution in [0.3, 0.4) is 0 Å². The van der Waals surface area contributed by atoms with Crippen LogP contribution in [-0.2, 0) is 6.42 Å². The lowest BCUT2D eigenvalue weighted by Crippen LogP contribution is -1.87. The number of nitriles is 1. The van der Waals surface area contributed by atoms with Crippen molar-refractivity contribution in [3.63, 3.8) is 0 Å². The Hall–Kier alpha value is -1.85. The van der Waals surface area contributed by atoms with Gasteiger partial charge in [0.1, 0.15) is 0 Å². The predicted molar refractivity (Wildman–Crippen MR) is 64.0 cm³/mol. The van der Waals surface area contributed by atoms with Gasteiger partial charge in [-0.25, -0.2) is 0 Å². The van der Waals surface area contributed by atoms with Gasteiger partial charge in [0, 0.05) is 16.8 Å². The van der Waals surface area contributed by atoms with Crippen LogP contribution in [-0.4, -0.2) is 4.98 Å². The number of nitrogens with zero attached hydrogens (tertiary/aromatic N) is 2. The summed E-state index contributed by atoms with van der Waals surface area (Å²) in [6.07, 6.45) is 2.09. The lowest BCUT2D eigenvalue weighted by Gasteiger charge is -2.03. The van der Waals surface area contributed by atoms with Crippen LogP contribution in [0.2, 0.25) is 5.02 Å².